The summed E-state index contributed by atoms with van der Waals surface area (Å²) in [6.07, 6.45) is -2.06. The summed E-state index contributed by atoms with van der Waals surface area (Å²) in [5.41, 5.74) is 0.687. The maximum absolute atomic E-state index is 12.6. The molecule has 29 heavy (non-hydrogen) atoms. The molecule has 0 spiro atoms. The Kier molecular flexibility index (Phi) is 7.56. The molecule has 0 radical (unpaired) electrons. The van der Waals surface area contributed by atoms with E-state index in [9.17, 15) is 26.4 Å². The van der Waals surface area contributed by atoms with Crippen LogP contribution in [-0.2, 0) is 21.1 Å². The van der Waals surface area contributed by atoms with Crippen LogP contribution in [0, 0.1) is 0 Å². The Bertz CT molecular complexity index is 839. The van der Waals surface area contributed by atoms with E-state index in [0.29, 0.717) is 18.4 Å². The van der Waals surface area contributed by atoms with Crippen molar-refractivity contribution in [2.24, 2.45) is 0 Å². The van der Waals surface area contributed by atoms with Gasteiger partial charge in [-0.3, -0.25) is 4.79 Å². The number of hydrogen-bond acceptors (Lipinski definition) is 5. The van der Waals surface area contributed by atoms with Gasteiger partial charge in [-0.25, -0.2) is 8.42 Å². The molecule has 162 valence electrons. The van der Waals surface area contributed by atoms with Crippen molar-refractivity contribution in [3.05, 3.63) is 36.4 Å². The van der Waals surface area contributed by atoms with Crippen LogP contribution in [0.3, 0.4) is 0 Å². The molecule has 1 amide bonds. The highest BCUT2D eigenvalue weighted by Crippen LogP contribution is 2.30. The molecular weight excluding hydrogens is 411 g/mol. The first-order chi connectivity index (χ1) is 13.5. The Labute approximate surface area is 168 Å². The van der Waals surface area contributed by atoms with Gasteiger partial charge in [0.15, 0.2) is 27.9 Å². The molecule has 2 rings (SSSR count). The lowest BCUT2D eigenvalue weighted by Gasteiger charge is -2.27. The summed E-state index contributed by atoms with van der Waals surface area (Å²) in [4.78, 5) is 14.2. The van der Waals surface area contributed by atoms with E-state index in [1.807, 2.05) is 0 Å². The number of sulfone groups is 1. The Morgan fingerprint density at radius 3 is 2.62 bits per heavy atom. The van der Waals surface area contributed by atoms with Crippen LogP contribution in [0.5, 0.6) is 11.5 Å². The predicted octanol–water partition coefficient (Wildman–Crippen LogP) is 2.77. The highest BCUT2D eigenvalue weighted by atomic mass is 32.2. The van der Waals surface area contributed by atoms with E-state index in [4.69, 9.17) is 9.47 Å². The number of nitrogens with zero attached hydrogens (tertiary/aromatic N) is 1. The molecule has 1 aliphatic heterocycles. The molecule has 0 saturated carbocycles. The number of rotatable bonds is 9. The van der Waals surface area contributed by atoms with Crippen molar-refractivity contribution in [3.63, 3.8) is 0 Å². The number of hydrogen-bond donors (Lipinski definition) is 0. The molecule has 1 heterocycles. The van der Waals surface area contributed by atoms with Crippen LogP contribution in [0.1, 0.15) is 18.4 Å². The third-order valence-electron chi connectivity index (χ3n) is 4.54. The van der Waals surface area contributed by atoms with Gasteiger partial charge >= 0.3 is 6.18 Å². The first-order valence-corrected chi connectivity index (χ1v) is 10.8. The first-order valence-electron chi connectivity index (χ1n) is 9.02. The van der Waals surface area contributed by atoms with Crippen molar-refractivity contribution in [2.45, 2.75) is 31.5 Å². The Morgan fingerprint density at radius 1 is 1.34 bits per heavy atom. The number of amides is 1. The lowest BCUT2D eigenvalue weighted by Crippen LogP contribution is -2.41. The molecule has 6 nitrogen and oxygen atoms in total. The van der Waals surface area contributed by atoms with Crippen LogP contribution in [0.2, 0.25) is 0 Å². The average molecular weight is 435 g/mol. The maximum atomic E-state index is 12.6. The van der Waals surface area contributed by atoms with Crippen LogP contribution in [0.4, 0.5) is 13.2 Å². The highest BCUT2D eigenvalue weighted by Gasteiger charge is 2.34. The van der Waals surface area contributed by atoms with E-state index in [1.54, 1.807) is 12.1 Å². The molecule has 1 aliphatic rings. The summed E-state index contributed by atoms with van der Waals surface area (Å²) in [7, 11) is -1.81. The average Bonchev–Trinajstić information content (AvgIpc) is 3.01. The molecule has 0 N–H and O–H groups in total. The quantitative estimate of drug-likeness (QED) is 0.558. The fourth-order valence-electron chi connectivity index (χ4n) is 3.16. The third-order valence-corrected chi connectivity index (χ3v) is 6.29. The van der Waals surface area contributed by atoms with Gasteiger partial charge in [-0.2, -0.15) is 13.2 Å². The van der Waals surface area contributed by atoms with Crippen molar-refractivity contribution < 1.29 is 35.9 Å². The van der Waals surface area contributed by atoms with Gasteiger partial charge in [0.25, 0.3) is 0 Å². The van der Waals surface area contributed by atoms with E-state index < -0.39 is 22.6 Å². The zero-order valence-electron chi connectivity index (χ0n) is 16.1. The summed E-state index contributed by atoms with van der Waals surface area (Å²) in [5, 5.41) is 0. The van der Waals surface area contributed by atoms with E-state index in [0.717, 1.165) is 0 Å². The predicted molar refractivity (Wildman–Crippen MR) is 102 cm³/mol. The van der Waals surface area contributed by atoms with Crippen LogP contribution < -0.4 is 9.47 Å². The Hall–Kier alpha value is -2.23. The summed E-state index contributed by atoms with van der Waals surface area (Å²) < 4.78 is 70.2. The molecule has 1 aromatic rings. The van der Waals surface area contributed by atoms with Gasteiger partial charge in [0, 0.05) is 19.0 Å². The number of carbonyl (C=O) groups is 1. The SMILES string of the molecule is C=CCN(C(=O)CCc1ccc(OCC(F)(F)F)c(OC)c1)C1CCS(=O)(=O)C1. The van der Waals surface area contributed by atoms with Gasteiger partial charge in [-0.1, -0.05) is 12.1 Å². The van der Waals surface area contributed by atoms with Crippen molar-refractivity contribution in [1.29, 1.82) is 0 Å². The van der Waals surface area contributed by atoms with Crippen LogP contribution in [-0.4, -0.2) is 63.2 Å². The molecule has 0 aliphatic carbocycles. The normalized spacial score (nSPS) is 18.3. The number of aryl methyl sites for hydroxylation is 1. The highest BCUT2D eigenvalue weighted by molar-refractivity contribution is 7.91. The lowest BCUT2D eigenvalue weighted by atomic mass is 10.1. The summed E-state index contributed by atoms with van der Waals surface area (Å²) >= 11 is 0. The van der Waals surface area contributed by atoms with Gasteiger partial charge in [0.1, 0.15) is 0 Å². The molecule has 1 atom stereocenters. The number of methoxy groups -OCH3 is 1. The fraction of sp³-hybridized carbons (Fsp3) is 0.526. The fourth-order valence-corrected chi connectivity index (χ4v) is 4.89. The first kappa shape index (κ1) is 23.1. The van der Waals surface area contributed by atoms with E-state index in [2.05, 4.69) is 6.58 Å². The molecule has 0 bridgehead atoms. The summed E-state index contributed by atoms with van der Waals surface area (Å²) in [6, 6.07) is 4.10. The minimum Gasteiger partial charge on any atom is -0.493 e. The second kappa shape index (κ2) is 9.51. The maximum Gasteiger partial charge on any atom is 0.422 e. The number of halogens is 3. The van der Waals surface area contributed by atoms with Crippen LogP contribution >= 0.6 is 0 Å². The zero-order valence-corrected chi connectivity index (χ0v) is 16.9. The number of carbonyl (C=O) groups excluding carboxylic acids is 1. The third kappa shape index (κ3) is 6.95. The van der Waals surface area contributed by atoms with Gasteiger partial charge < -0.3 is 14.4 Å². The molecule has 1 saturated heterocycles. The topological polar surface area (TPSA) is 72.9 Å². The number of ether oxygens (including phenoxy) is 2. The Balaban J connectivity index is 2.01. The summed E-state index contributed by atoms with van der Waals surface area (Å²) in [5.74, 6) is -0.0855. The summed E-state index contributed by atoms with van der Waals surface area (Å²) in [6.45, 7) is 2.45. The standard InChI is InChI=1S/C19H24F3NO5S/c1-3-9-23(15-8-10-29(25,26)12-15)18(24)7-5-14-4-6-16(17(11-14)27-2)28-13-19(20,21)22/h3-4,6,11,15H,1,5,7-10,12-13H2,2H3. The number of alkyl halides is 3. The monoisotopic (exact) mass is 435 g/mol. The lowest BCUT2D eigenvalue weighted by molar-refractivity contribution is -0.153. The molecule has 1 unspecified atom stereocenters. The van der Waals surface area contributed by atoms with Crippen LogP contribution in [0.15, 0.2) is 30.9 Å². The van der Waals surface area contributed by atoms with Gasteiger partial charge in [-0.05, 0) is 30.5 Å². The van der Waals surface area contributed by atoms with Crippen molar-refractivity contribution in [1.82, 2.24) is 4.90 Å². The van der Waals surface area contributed by atoms with Gasteiger partial charge in [-0.15, -0.1) is 6.58 Å². The molecule has 1 fully saturated rings. The zero-order chi connectivity index (χ0) is 21.7. The molecular formula is C19H24F3NO5S. The van der Waals surface area contributed by atoms with Gasteiger partial charge in [0.05, 0.1) is 18.6 Å². The Morgan fingerprint density at radius 2 is 2.07 bits per heavy atom. The van der Waals surface area contributed by atoms with Crippen molar-refractivity contribution >= 4 is 15.7 Å². The minimum absolute atomic E-state index is 0.0376. The molecule has 0 aromatic heterocycles. The van der Waals surface area contributed by atoms with Crippen molar-refractivity contribution in [2.75, 3.05) is 31.8 Å². The van der Waals surface area contributed by atoms with E-state index in [-0.39, 0.29) is 47.9 Å². The molecule has 1 aromatic carbocycles. The van der Waals surface area contributed by atoms with Gasteiger partial charge in [0.2, 0.25) is 5.91 Å². The molecule has 10 heteroatoms. The second-order valence-corrected chi connectivity index (χ2v) is 9.01. The van der Waals surface area contributed by atoms with E-state index in [1.165, 1.54) is 24.1 Å². The van der Waals surface area contributed by atoms with E-state index >= 15 is 0 Å². The minimum atomic E-state index is -4.46. The van der Waals surface area contributed by atoms with Crippen LogP contribution in [0.25, 0.3) is 0 Å². The smallest absolute Gasteiger partial charge is 0.422 e. The van der Waals surface area contributed by atoms with Crippen molar-refractivity contribution in [3.8, 4) is 11.5 Å². The number of benzene rings is 1. The largest absolute Gasteiger partial charge is 0.493 e. The second-order valence-electron chi connectivity index (χ2n) is 6.78.